The second-order valence-corrected chi connectivity index (χ2v) is 10.3. The highest BCUT2D eigenvalue weighted by Crippen LogP contribution is 2.34. The van der Waals surface area contributed by atoms with Crippen LogP contribution in [0.4, 0.5) is 5.69 Å². The monoisotopic (exact) mass is 599 g/mol. The van der Waals surface area contributed by atoms with Crippen molar-refractivity contribution in [3.05, 3.63) is 46.6 Å². The third-order valence-electron chi connectivity index (χ3n) is 7.65. The van der Waals surface area contributed by atoms with Gasteiger partial charge < -0.3 is 24.4 Å². The summed E-state index contributed by atoms with van der Waals surface area (Å²) in [6, 6.07) is 10.2. The van der Waals surface area contributed by atoms with Crippen LogP contribution < -0.4 is 19.7 Å². The zero-order valence-electron chi connectivity index (χ0n) is 23.0. The molecule has 0 aliphatic carbocycles. The predicted molar refractivity (Wildman–Crippen MR) is 163 cm³/mol. The van der Waals surface area contributed by atoms with Crippen molar-refractivity contribution < 1.29 is 14.2 Å². The maximum atomic E-state index is 6.36. The van der Waals surface area contributed by atoms with Crippen molar-refractivity contribution in [3.63, 3.8) is 0 Å². The molecule has 0 radical (unpaired) electrons. The van der Waals surface area contributed by atoms with Gasteiger partial charge in [0.1, 0.15) is 0 Å². The molecule has 0 unspecified atom stereocenters. The van der Waals surface area contributed by atoms with Crippen molar-refractivity contribution in [1.82, 2.24) is 20.0 Å². The van der Waals surface area contributed by atoms with Crippen LogP contribution in [0, 0.1) is 6.92 Å². The second kappa shape index (κ2) is 14.6. The van der Waals surface area contributed by atoms with Crippen LogP contribution in [0.1, 0.15) is 24.1 Å². The summed E-state index contributed by atoms with van der Waals surface area (Å²) in [7, 11) is 3.34. The number of rotatable bonds is 9. The zero-order chi connectivity index (χ0) is 25.8. The number of nitrogens with one attached hydrogen (secondary N) is 1. The molecule has 3 heterocycles. The Morgan fingerprint density at radius 2 is 1.67 bits per heavy atom. The molecule has 3 aromatic rings. The van der Waals surface area contributed by atoms with Gasteiger partial charge in [-0.1, -0.05) is 17.7 Å². The predicted octanol–water partition coefficient (Wildman–Crippen LogP) is 4.95. The number of piperidine rings is 1. The van der Waals surface area contributed by atoms with Gasteiger partial charge >= 0.3 is 0 Å². The molecule has 2 fully saturated rings. The summed E-state index contributed by atoms with van der Waals surface area (Å²) in [5.74, 6) is 1.43. The first-order chi connectivity index (χ1) is 18.1. The first-order valence-corrected chi connectivity index (χ1v) is 13.6. The lowest BCUT2D eigenvalue weighted by atomic mass is 10.1. The zero-order valence-corrected chi connectivity index (χ0v) is 25.3. The van der Waals surface area contributed by atoms with Crippen LogP contribution in [0.2, 0.25) is 5.02 Å². The SMILES string of the molecule is COc1cc2c(COC3CCNCC3)nn(CCN3CCN(c4cccc(Cl)c4C)CC3)c2cc1OC.Cl.Cl. The molecule has 11 heteroatoms. The van der Waals surface area contributed by atoms with Crippen LogP contribution in [0.25, 0.3) is 10.9 Å². The highest BCUT2D eigenvalue weighted by molar-refractivity contribution is 6.31. The van der Waals surface area contributed by atoms with Crippen LogP contribution in [-0.2, 0) is 17.9 Å². The number of fused-ring (bicyclic) bond motifs is 1. The molecule has 2 aliphatic heterocycles. The number of ether oxygens (including phenoxy) is 3. The van der Waals surface area contributed by atoms with E-state index in [9.17, 15) is 0 Å². The van der Waals surface area contributed by atoms with E-state index in [4.69, 9.17) is 30.9 Å². The molecule has 2 aromatic carbocycles. The van der Waals surface area contributed by atoms with Gasteiger partial charge in [-0.3, -0.25) is 9.58 Å². The number of anilines is 1. The first kappa shape index (κ1) is 31.6. The number of halogens is 3. The number of benzene rings is 2. The van der Waals surface area contributed by atoms with E-state index in [0.717, 1.165) is 92.4 Å². The van der Waals surface area contributed by atoms with Gasteiger partial charge in [-0.15, -0.1) is 24.8 Å². The standard InChI is InChI=1S/C28H38ClN5O3.2ClH/c1-20-23(29)5-4-6-25(20)33-14-11-32(12-15-33)13-16-34-26-18-28(36-3)27(35-2)17-22(26)24(31-34)19-37-21-7-9-30-10-8-21;;/h4-6,17-18,21,30H,7-16,19H2,1-3H3;2*1H. The van der Waals surface area contributed by atoms with Crippen LogP contribution >= 0.6 is 36.4 Å². The second-order valence-electron chi connectivity index (χ2n) is 9.87. The van der Waals surface area contributed by atoms with Gasteiger partial charge in [0, 0.05) is 54.9 Å². The van der Waals surface area contributed by atoms with E-state index in [0.29, 0.717) is 18.1 Å². The summed E-state index contributed by atoms with van der Waals surface area (Å²) in [6.07, 6.45) is 2.36. The van der Waals surface area contributed by atoms with E-state index in [-0.39, 0.29) is 30.9 Å². The Bertz CT molecular complexity index is 1210. The van der Waals surface area contributed by atoms with Crippen molar-refractivity contribution in [2.24, 2.45) is 0 Å². The van der Waals surface area contributed by atoms with Crippen molar-refractivity contribution in [1.29, 1.82) is 0 Å². The fourth-order valence-electron chi connectivity index (χ4n) is 5.39. The molecular formula is C28H40Cl3N5O3. The summed E-state index contributed by atoms with van der Waals surface area (Å²) in [5, 5.41) is 10.3. The molecule has 1 N–H and O–H groups in total. The molecule has 0 bridgehead atoms. The third-order valence-corrected chi connectivity index (χ3v) is 8.06. The minimum absolute atomic E-state index is 0. The summed E-state index contributed by atoms with van der Waals surface area (Å²) in [4.78, 5) is 4.95. The maximum Gasteiger partial charge on any atom is 0.162 e. The van der Waals surface area contributed by atoms with Crippen LogP contribution in [0.5, 0.6) is 11.5 Å². The summed E-state index contributed by atoms with van der Waals surface area (Å²) in [6.45, 7) is 10.3. The Balaban J connectivity index is 0.00000210. The molecule has 39 heavy (non-hydrogen) atoms. The van der Waals surface area contributed by atoms with E-state index in [1.807, 2.05) is 24.3 Å². The molecule has 8 nitrogen and oxygen atoms in total. The van der Waals surface area contributed by atoms with Crippen LogP contribution in [0.3, 0.4) is 0 Å². The molecule has 0 atom stereocenters. The largest absolute Gasteiger partial charge is 0.493 e. The number of methoxy groups -OCH3 is 2. The Morgan fingerprint density at radius 3 is 2.36 bits per heavy atom. The van der Waals surface area contributed by atoms with E-state index < -0.39 is 0 Å². The number of aromatic nitrogens is 2. The molecule has 0 saturated carbocycles. The number of hydrogen-bond acceptors (Lipinski definition) is 7. The van der Waals surface area contributed by atoms with E-state index in [1.165, 1.54) is 5.69 Å². The Hall–Kier alpha value is -1.94. The number of hydrogen-bond donors (Lipinski definition) is 1. The molecule has 5 rings (SSSR count). The number of nitrogens with zero attached hydrogens (tertiary/aromatic N) is 4. The lowest BCUT2D eigenvalue weighted by molar-refractivity contribution is 0.0198. The molecule has 2 aliphatic rings. The fourth-order valence-corrected chi connectivity index (χ4v) is 5.56. The highest BCUT2D eigenvalue weighted by atomic mass is 35.5. The van der Waals surface area contributed by atoms with Gasteiger partial charge in [0.2, 0.25) is 0 Å². The summed E-state index contributed by atoms with van der Waals surface area (Å²) in [5.41, 5.74) is 4.40. The average molecular weight is 601 g/mol. The lowest BCUT2D eigenvalue weighted by Crippen LogP contribution is -2.47. The van der Waals surface area contributed by atoms with E-state index in [2.05, 4.69) is 32.8 Å². The van der Waals surface area contributed by atoms with Gasteiger partial charge in [0.05, 0.1) is 44.7 Å². The van der Waals surface area contributed by atoms with Crippen molar-refractivity contribution >= 4 is 53.0 Å². The molecular weight excluding hydrogens is 561 g/mol. The molecule has 1 aromatic heterocycles. The van der Waals surface area contributed by atoms with Crippen molar-refractivity contribution in [2.75, 3.05) is 64.9 Å². The van der Waals surface area contributed by atoms with Crippen LogP contribution in [-0.4, -0.2) is 80.8 Å². The third kappa shape index (κ3) is 7.23. The molecule has 216 valence electrons. The molecule has 2 saturated heterocycles. The average Bonchev–Trinajstić information content (AvgIpc) is 3.28. The van der Waals surface area contributed by atoms with Gasteiger partial charge in [0.15, 0.2) is 11.5 Å². The minimum atomic E-state index is 0. The fraction of sp³-hybridized carbons (Fsp3) is 0.536. The van der Waals surface area contributed by atoms with Gasteiger partial charge in [-0.2, -0.15) is 5.10 Å². The van der Waals surface area contributed by atoms with Crippen molar-refractivity contribution in [3.8, 4) is 11.5 Å². The normalized spacial score (nSPS) is 16.6. The Morgan fingerprint density at radius 1 is 0.974 bits per heavy atom. The Kier molecular flexibility index (Phi) is 11.8. The quantitative estimate of drug-likeness (QED) is 0.373. The van der Waals surface area contributed by atoms with E-state index in [1.54, 1.807) is 14.2 Å². The van der Waals surface area contributed by atoms with E-state index >= 15 is 0 Å². The molecule has 0 spiro atoms. The topological polar surface area (TPSA) is 64.0 Å². The highest BCUT2D eigenvalue weighted by Gasteiger charge is 2.21. The van der Waals surface area contributed by atoms with Crippen molar-refractivity contribution in [2.45, 2.75) is 39.0 Å². The summed E-state index contributed by atoms with van der Waals surface area (Å²) >= 11 is 6.36. The minimum Gasteiger partial charge on any atom is -0.493 e. The van der Waals surface area contributed by atoms with Gasteiger partial charge in [-0.05, 0) is 56.6 Å². The Labute approximate surface area is 248 Å². The smallest absolute Gasteiger partial charge is 0.162 e. The van der Waals surface area contributed by atoms with Gasteiger partial charge in [-0.25, -0.2) is 0 Å². The number of piperazine rings is 1. The lowest BCUT2D eigenvalue weighted by Gasteiger charge is -2.37. The summed E-state index contributed by atoms with van der Waals surface area (Å²) < 4.78 is 19.6. The maximum absolute atomic E-state index is 6.36. The van der Waals surface area contributed by atoms with Crippen LogP contribution in [0.15, 0.2) is 30.3 Å². The van der Waals surface area contributed by atoms with Gasteiger partial charge in [0.25, 0.3) is 0 Å². The molecule has 0 amide bonds. The first-order valence-electron chi connectivity index (χ1n) is 13.2.